The van der Waals surface area contributed by atoms with Gasteiger partial charge in [0.25, 0.3) is 0 Å². The zero-order valence-corrected chi connectivity index (χ0v) is 11.8. The van der Waals surface area contributed by atoms with Crippen LogP contribution in [0.1, 0.15) is 31.9 Å². The van der Waals surface area contributed by atoms with Crippen LogP contribution >= 0.6 is 0 Å². The van der Waals surface area contributed by atoms with Gasteiger partial charge >= 0.3 is 0 Å². The molecule has 0 heterocycles. The summed E-state index contributed by atoms with van der Waals surface area (Å²) in [5, 5.41) is 3.27. The molecule has 0 fully saturated rings. The molecule has 0 saturated heterocycles. The molecule has 0 radical (unpaired) electrons. The van der Waals surface area contributed by atoms with Gasteiger partial charge in [0.1, 0.15) is 5.82 Å². The standard InChI is InChI=1S/C15H24FNO2/c1-3-9-17-12-15(19-11-10-18-4-2)13-7-5-6-8-14(13)16/h5-8,15,17H,3-4,9-12H2,1-2H3. The van der Waals surface area contributed by atoms with E-state index in [0.29, 0.717) is 31.9 Å². The van der Waals surface area contributed by atoms with Crippen molar-refractivity contribution in [3.8, 4) is 0 Å². The van der Waals surface area contributed by atoms with Crippen LogP contribution in [0.25, 0.3) is 0 Å². The highest BCUT2D eigenvalue weighted by Crippen LogP contribution is 2.19. The van der Waals surface area contributed by atoms with E-state index in [1.807, 2.05) is 13.0 Å². The molecule has 0 aromatic heterocycles. The van der Waals surface area contributed by atoms with Gasteiger partial charge in [-0.3, -0.25) is 0 Å². The Hall–Kier alpha value is -0.970. The lowest BCUT2D eigenvalue weighted by atomic mass is 10.1. The summed E-state index contributed by atoms with van der Waals surface area (Å²) in [5.74, 6) is -0.220. The first-order chi connectivity index (χ1) is 9.29. The van der Waals surface area contributed by atoms with E-state index in [-0.39, 0.29) is 11.9 Å². The molecule has 108 valence electrons. The topological polar surface area (TPSA) is 30.5 Å². The van der Waals surface area contributed by atoms with Gasteiger partial charge in [-0.15, -0.1) is 0 Å². The van der Waals surface area contributed by atoms with Gasteiger partial charge in [0, 0.05) is 18.7 Å². The lowest BCUT2D eigenvalue weighted by Gasteiger charge is -2.19. The second-order valence-electron chi connectivity index (χ2n) is 4.28. The molecule has 1 unspecified atom stereocenters. The number of nitrogens with one attached hydrogen (secondary N) is 1. The van der Waals surface area contributed by atoms with Gasteiger partial charge in [-0.25, -0.2) is 4.39 Å². The number of hydrogen-bond donors (Lipinski definition) is 1. The molecule has 1 aromatic rings. The van der Waals surface area contributed by atoms with Gasteiger partial charge in [-0.1, -0.05) is 25.1 Å². The Kier molecular flexibility index (Phi) is 8.38. The highest BCUT2D eigenvalue weighted by atomic mass is 19.1. The molecule has 0 aliphatic rings. The Morgan fingerprint density at radius 1 is 1.21 bits per heavy atom. The summed E-state index contributed by atoms with van der Waals surface area (Å²) in [6, 6.07) is 6.76. The van der Waals surface area contributed by atoms with Gasteiger partial charge in [0.05, 0.1) is 19.3 Å². The average molecular weight is 269 g/mol. The number of halogens is 1. The van der Waals surface area contributed by atoms with Crippen LogP contribution in [0.5, 0.6) is 0 Å². The van der Waals surface area contributed by atoms with Gasteiger partial charge in [0.15, 0.2) is 0 Å². The Bertz CT molecular complexity index is 347. The van der Waals surface area contributed by atoms with Crippen molar-refractivity contribution in [1.29, 1.82) is 0 Å². The van der Waals surface area contributed by atoms with Crippen LogP contribution in [-0.4, -0.2) is 32.9 Å². The van der Waals surface area contributed by atoms with Crippen LogP contribution in [0.2, 0.25) is 0 Å². The van der Waals surface area contributed by atoms with E-state index in [9.17, 15) is 4.39 Å². The molecule has 19 heavy (non-hydrogen) atoms. The summed E-state index contributed by atoms with van der Waals surface area (Å²) in [4.78, 5) is 0. The van der Waals surface area contributed by atoms with Crippen molar-refractivity contribution in [3.63, 3.8) is 0 Å². The molecule has 0 amide bonds. The predicted octanol–water partition coefficient (Wildman–Crippen LogP) is 2.92. The second-order valence-corrected chi connectivity index (χ2v) is 4.28. The van der Waals surface area contributed by atoms with Crippen molar-refractivity contribution in [1.82, 2.24) is 5.32 Å². The molecular weight excluding hydrogens is 245 g/mol. The Labute approximate surface area is 115 Å². The number of rotatable bonds is 10. The summed E-state index contributed by atoms with van der Waals surface area (Å²) in [6.07, 6.45) is 0.774. The van der Waals surface area contributed by atoms with Crippen LogP contribution in [0.3, 0.4) is 0 Å². The third-order valence-corrected chi connectivity index (χ3v) is 2.76. The Morgan fingerprint density at radius 3 is 2.68 bits per heavy atom. The summed E-state index contributed by atoms with van der Waals surface area (Å²) in [7, 11) is 0. The number of ether oxygens (including phenoxy) is 2. The molecule has 0 aliphatic carbocycles. The zero-order chi connectivity index (χ0) is 13.9. The SMILES string of the molecule is CCCNCC(OCCOCC)c1ccccc1F. The van der Waals surface area contributed by atoms with E-state index >= 15 is 0 Å². The normalized spacial score (nSPS) is 12.6. The summed E-state index contributed by atoms with van der Waals surface area (Å²) >= 11 is 0. The van der Waals surface area contributed by atoms with Gasteiger partial charge in [-0.2, -0.15) is 0 Å². The number of hydrogen-bond acceptors (Lipinski definition) is 3. The monoisotopic (exact) mass is 269 g/mol. The maximum Gasteiger partial charge on any atom is 0.129 e. The smallest absolute Gasteiger partial charge is 0.129 e. The third-order valence-electron chi connectivity index (χ3n) is 2.76. The van der Waals surface area contributed by atoms with E-state index in [2.05, 4.69) is 12.2 Å². The minimum atomic E-state index is -0.270. The van der Waals surface area contributed by atoms with E-state index in [1.54, 1.807) is 12.1 Å². The first-order valence-electron chi connectivity index (χ1n) is 6.94. The van der Waals surface area contributed by atoms with Crippen molar-refractivity contribution in [2.75, 3.05) is 32.9 Å². The Balaban J connectivity index is 2.55. The lowest BCUT2D eigenvalue weighted by Crippen LogP contribution is -2.25. The molecular formula is C15H24FNO2. The highest BCUT2D eigenvalue weighted by molar-refractivity contribution is 5.20. The molecule has 0 bridgehead atoms. The number of benzene rings is 1. The molecule has 1 rings (SSSR count). The largest absolute Gasteiger partial charge is 0.379 e. The molecule has 0 saturated carbocycles. The van der Waals surface area contributed by atoms with E-state index < -0.39 is 0 Å². The highest BCUT2D eigenvalue weighted by Gasteiger charge is 2.15. The quantitative estimate of drug-likeness (QED) is 0.662. The molecule has 3 nitrogen and oxygen atoms in total. The van der Waals surface area contributed by atoms with Crippen molar-refractivity contribution in [2.24, 2.45) is 0 Å². The van der Waals surface area contributed by atoms with E-state index in [4.69, 9.17) is 9.47 Å². The van der Waals surface area contributed by atoms with Crippen molar-refractivity contribution < 1.29 is 13.9 Å². The predicted molar refractivity (Wildman–Crippen MR) is 74.7 cm³/mol. The fourth-order valence-corrected chi connectivity index (χ4v) is 1.80. The van der Waals surface area contributed by atoms with Crippen molar-refractivity contribution in [3.05, 3.63) is 35.6 Å². The maximum atomic E-state index is 13.8. The molecule has 0 spiro atoms. The first-order valence-corrected chi connectivity index (χ1v) is 6.94. The van der Waals surface area contributed by atoms with Crippen molar-refractivity contribution >= 4 is 0 Å². The van der Waals surface area contributed by atoms with Gasteiger partial charge in [-0.05, 0) is 26.0 Å². The first kappa shape index (κ1) is 16.1. The summed E-state index contributed by atoms with van der Waals surface area (Å²) in [5.41, 5.74) is 0.600. The van der Waals surface area contributed by atoms with Crippen LogP contribution < -0.4 is 5.32 Å². The van der Waals surface area contributed by atoms with Crippen LogP contribution in [0.4, 0.5) is 4.39 Å². The minimum Gasteiger partial charge on any atom is -0.379 e. The zero-order valence-electron chi connectivity index (χ0n) is 11.8. The third kappa shape index (κ3) is 6.14. The van der Waals surface area contributed by atoms with Crippen molar-refractivity contribution in [2.45, 2.75) is 26.4 Å². The molecule has 1 atom stereocenters. The fraction of sp³-hybridized carbons (Fsp3) is 0.600. The lowest BCUT2D eigenvalue weighted by molar-refractivity contribution is 0.00553. The average Bonchev–Trinajstić information content (AvgIpc) is 2.42. The van der Waals surface area contributed by atoms with Crippen LogP contribution in [0.15, 0.2) is 24.3 Å². The van der Waals surface area contributed by atoms with Gasteiger partial charge < -0.3 is 14.8 Å². The molecule has 1 aromatic carbocycles. The van der Waals surface area contributed by atoms with Crippen LogP contribution in [-0.2, 0) is 9.47 Å². The Morgan fingerprint density at radius 2 is 2.00 bits per heavy atom. The van der Waals surface area contributed by atoms with Gasteiger partial charge in [0.2, 0.25) is 0 Å². The van der Waals surface area contributed by atoms with E-state index in [1.165, 1.54) is 6.07 Å². The molecule has 4 heteroatoms. The fourth-order valence-electron chi connectivity index (χ4n) is 1.80. The maximum absolute atomic E-state index is 13.8. The second kappa shape index (κ2) is 9.89. The molecule has 1 N–H and O–H groups in total. The summed E-state index contributed by atoms with van der Waals surface area (Å²) in [6.45, 7) is 7.23. The molecule has 0 aliphatic heterocycles. The van der Waals surface area contributed by atoms with Crippen LogP contribution in [0, 0.1) is 5.82 Å². The summed E-state index contributed by atoms with van der Waals surface area (Å²) < 4.78 is 24.8. The van der Waals surface area contributed by atoms with E-state index in [0.717, 1.165) is 13.0 Å². The minimum absolute atomic E-state index is 0.220.